The number of thiophene rings is 1. The third-order valence-corrected chi connectivity index (χ3v) is 4.12. The van der Waals surface area contributed by atoms with Gasteiger partial charge in [-0.1, -0.05) is 6.07 Å². The Kier molecular flexibility index (Phi) is 4.27. The molecule has 5 heteroatoms. The van der Waals surface area contributed by atoms with Gasteiger partial charge in [0.1, 0.15) is 0 Å². The van der Waals surface area contributed by atoms with Crippen molar-refractivity contribution < 1.29 is 9.84 Å². The number of hydrogen-bond acceptors (Lipinski definition) is 4. The number of halogens is 1. The van der Waals surface area contributed by atoms with Gasteiger partial charge in [0.15, 0.2) is 11.5 Å². The second kappa shape index (κ2) is 5.73. The van der Waals surface area contributed by atoms with Crippen LogP contribution in [0.2, 0.25) is 0 Å². The van der Waals surface area contributed by atoms with E-state index < -0.39 is 0 Å². The fourth-order valence-electron chi connectivity index (χ4n) is 1.67. The maximum Gasteiger partial charge on any atom is 0.172 e. The Hall–Kier alpha value is -1.04. The summed E-state index contributed by atoms with van der Waals surface area (Å²) in [5.74, 6) is 0.563. The minimum atomic E-state index is -0.207. The van der Waals surface area contributed by atoms with Crippen molar-refractivity contribution >= 4 is 27.3 Å². The molecule has 3 nitrogen and oxygen atoms in total. The van der Waals surface area contributed by atoms with Gasteiger partial charge in [-0.15, -0.1) is 11.3 Å². The molecule has 1 heterocycles. The third-order valence-electron chi connectivity index (χ3n) is 2.56. The lowest BCUT2D eigenvalue weighted by atomic mass is 10.1. The summed E-state index contributed by atoms with van der Waals surface area (Å²) in [5.41, 5.74) is 7.11. The summed E-state index contributed by atoms with van der Waals surface area (Å²) in [7, 11) is 0. The number of ether oxygens (including phenoxy) is 1. The summed E-state index contributed by atoms with van der Waals surface area (Å²) in [6.07, 6.45) is 0. The Labute approximate surface area is 118 Å². The normalized spacial score (nSPS) is 12.4. The van der Waals surface area contributed by atoms with Gasteiger partial charge in [0.05, 0.1) is 17.1 Å². The van der Waals surface area contributed by atoms with Crippen LogP contribution in [0.3, 0.4) is 0 Å². The van der Waals surface area contributed by atoms with Crippen LogP contribution in [-0.2, 0) is 0 Å². The first kappa shape index (κ1) is 13.4. The first-order chi connectivity index (χ1) is 8.63. The van der Waals surface area contributed by atoms with Crippen LogP contribution < -0.4 is 10.5 Å². The molecule has 0 aliphatic heterocycles. The van der Waals surface area contributed by atoms with Crippen molar-refractivity contribution in [1.82, 2.24) is 0 Å². The lowest BCUT2D eigenvalue weighted by molar-refractivity contribution is 0.316. The monoisotopic (exact) mass is 327 g/mol. The van der Waals surface area contributed by atoms with E-state index in [1.165, 1.54) is 0 Å². The number of phenols is 1. The molecule has 2 aromatic rings. The van der Waals surface area contributed by atoms with Gasteiger partial charge in [0, 0.05) is 4.88 Å². The molecule has 0 aliphatic carbocycles. The molecule has 0 amide bonds. The van der Waals surface area contributed by atoms with Crippen molar-refractivity contribution in [1.29, 1.82) is 0 Å². The van der Waals surface area contributed by atoms with E-state index in [1.54, 1.807) is 17.4 Å². The molecule has 0 saturated carbocycles. The number of hydrogen-bond donors (Lipinski definition) is 2. The van der Waals surface area contributed by atoms with Crippen LogP contribution in [-0.4, -0.2) is 11.7 Å². The van der Waals surface area contributed by atoms with E-state index in [4.69, 9.17) is 10.5 Å². The molecule has 0 saturated heterocycles. The van der Waals surface area contributed by atoms with E-state index in [-0.39, 0.29) is 11.8 Å². The molecule has 1 aromatic carbocycles. The minimum absolute atomic E-state index is 0.110. The van der Waals surface area contributed by atoms with E-state index in [2.05, 4.69) is 15.9 Å². The molecule has 0 unspecified atom stereocenters. The average Bonchev–Trinajstić information content (AvgIpc) is 2.87. The van der Waals surface area contributed by atoms with Gasteiger partial charge in [0.2, 0.25) is 0 Å². The lowest BCUT2D eigenvalue weighted by Crippen LogP contribution is -2.10. The zero-order valence-corrected chi connectivity index (χ0v) is 12.3. The summed E-state index contributed by atoms with van der Waals surface area (Å²) < 4.78 is 5.99. The molecular weight excluding hydrogens is 314 g/mol. The number of phenolic OH excluding ortho intramolecular Hbond substituents is 1. The summed E-state index contributed by atoms with van der Waals surface area (Å²) in [4.78, 5) is 1.08. The number of benzene rings is 1. The van der Waals surface area contributed by atoms with E-state index in [9.17, 15) is 5.11 Å². The molecule has 1 aromatic heterocycles. The zero-order chi connectivity index (χ0) is 13.1. The van der Waals surface area contributed by atoms with Crippen LogP contribution in [0.1, 0.15) is 23.4 Å². The van der Waals surface area contributed by atoms with E-state index in [0.29, 0.717) is 16.8 Å². The molecule has 18 heavy (non-hydrogen) atoms. The Morgan fingerprint density at radius 2 is 2.28 bits per heavy atom. The standard InChI is InChI=1S/C13H14BrNO2S/c1-2-17-10-7-8(6-9(14)13(10)16)12(15)11-4-3-5-18-11/h3-7,12,16H,2,15H2,1H3/t12-/m1/s1. The van der Waals surface area contributed by atoms with E-state index in [1.807, 2.05) is 30.5 Å². The molecule has 0 fully saturated rings. The van der Waals surface area contributed by atoms with Crippen LogP contribution in [0.4, 0.5) is 0 Å². The molecular formula is C13H14BrNO2S. The minimum Gasteiger partial charge on any atom is -0.503 e. The first-order valence-electron chi connectivity index (χ1n) is 5.57. The topological polar surface area (TPSA) is 55.5 Å². The molecule has 3 N–H and O–H groups in total. The van der Waals surface area contributed by atoms with E-state index in [0.717, 1.165) is 10.4 Å². The molecule has 0 spiro atoms. The van der Waals surface area contributed by atoms with E-state index >= 15 is 0 Å². The van der Waals surface area contributed by atoms with Gasteiger partial charge in [-0.3, -0.25) is 0 Å². The van der Waals surface area contributed by atoms with Crippen molar-refractivity contribution in [3.05, 3.63) is 44.6 Å². The van der Waals surface area contributed by atoms with Crippen molar-refractivity contribution in [2.75, 3.05) is 6.61 Å². The quantitative estimate of drug-likeness (QED) is 0.900. The predicted octanol–water partition coefficient (Wildman–Crippen LogP) is 3.66. The van der Waals surface area contributed by atoms with Gasteiger partial charge in [-0.05, 0) is 52.0 Å². The Bertz CT molecular complexity index is 528. The fraction of sp³-hybridized carbons (Fsp3) is 0.231. The van der Waals surface area contributed by atoms with Gasteiger partial charge in [0.25, 0.3) is 0 Å². The van der Waals surface area contributed by atoms with Gasteiger partial charge < -0.3 is 15.6 Å². The highest BCUT2D eigenvalue weighted by Crippen LogP contribution is 2.38. The van der Waals surface area contributed by atoms with Crippen molar-refractivity contribution in [2.45, 2.75) is 13.0 Å². The molecule has 2 rings (SSSR count). The highest BCUT2D eigenvalue weighted by molar-refractivity contribution is 9.10. The van der Waals surface area contributed by atoms with Crippen molar-refractivity contribution in [3.8, 4) is 11.5 Å². The summed E-state index contributed by atoms with van der Waals surface area (Å²) in [6.45, 7) is 2.37. The van der Waals surface area contributed by atoms with Gasteiger partial charge >= 0.3 is 0 Å². The zero-order valence-electron chi connectivity index (χ0n) is 9.89. The van der Waals surface area contributed by atoms with Crippen LogP contribution in [0.5, 0.6) is 11.5 Å². The third kappa shape index (κ3) is 2.68. The molecule has 0 radical (unpaired) electrons. The highest BCUT2D eigenvalue weighted by atomic mass is 79.9. The highest BCUT2D eigenvalue weighted by Gasteiger charge is 2.15. The SMILES string of the molecule is CCOc1cc([C@@H](N)c2cccs2)cc(Br)c1O. The van der Waals surface area contributed by atoms with Crippen LogP contribution >= 0.6 is 27.3 Å². The smallest absolute Gasteiger partial charge is 0.172 e. The van der Waals surface area contributed by atoms with Gasteiger partial charge in [-0.25, -0.2) is 0 Å². The molecule has 1 atom stereocenters. The van der Waals surface area contributed by atoms with Crippen molar-refractivity contribution in [3.63, 3.8) is 0 Å². The van der Waals surface area contributed by atoms with Crippen LogP contribution in [0.25, 0.3) is 0 Å². The summed E-state index contributed by atoms with van der Waals surface area (Å²) in [5, 5.41) is 11.8. The number of aromatic hydroxyl groups is 1. The Morgan fingerprint density at radius 3 is 2.89 bits per heavy atom. The van der Waals surface area contributed by atoms with Crippen LogP contribution in [0, 0.1) is 0 Å². The molecule has 96 valence electrons. The summed E-state index contributed by atoms with van der Waals surface area (Å²) >= 11 is 4.93. The second-order valence-corrected chi connectivity index (χ2v) is 5.61. The second-order valence-electron chi connectivity index (χ2n) is 3.78. The maximum atomic E-state index is 9.86. The first-order valence-corrected chi connectivity index (χ1v) is 7.25. The van der Waals surface area contributed by atoms with Gasteiger partial charge in [-0.2, -0.15) is 0 Å². The number of nitrogens with two attached hydrogens (primary N) is 1. The fourth-order valence-corrected chi connectivity index (χ4v) is 2.89. The van der Waals surface area contributed by atoms with Crippen molar-refractivity contribution in [2.24, 2.45) is 5.73 Å². The summed E-state index contributed by atoms with van der Waals surface area (Å²) in [6, 6.07) is 7.37. The van der Waals surface area contributed by atoms with Crippen LogP contribution in [0.15, 0.2) is 34.1 Å². The average molecular weight is 328 g/mol. The molecule has 0 aliphatic rings. The molecule has 0 bridgehead atoms. The maximum absolute atomic E-state index is 9.86. The number of rotatable bonds is 4. The lowest BCUT2D eigenvalue weighted by Gasteiger charge is -2.14. The largest absolute Gasteiger partial charge is 0.503 e. The predicted molar refractivity (Wildman–Crippen MR) is 77.3 cm³/mol. The Balaban J connectivity index is 2.39. The Morgan fingerprint density at radius 1 is 1.50 bits per heavy atom.